The zero-order chi connectivity index (χ0) is 22.0. The molecular weight excluding hydrogens is 416 g/mol. The molecule has 1 aliphatic rings. The topological polar surface area (TPSA) is 83.4 Å². The van der Waals surface area contributed by atoms with Crippen molar-refractivity contribution in [3.05, 3.63) is 70.4 Å². The average Bonchev–Trinajstić information content (AvgIpc) is 3.11. The molecule has 0 aliphatic carbocycles. The van der Waals surface area contributed by atoms with Crippen LogP contribution in [0.2, 0.25) is 5.02 Å². The Hall–Kier alpha value is -3.32. The Kier molecular flexibility index (Phi) is 5.95. The lowest BCUT2D eigenvalue weighted by Gasteiger charge is -2.28. The fourth-order valence-corrected chi connectivity index (χ4v) is 4.06. The van der Waals surface area contributed by atoms with Crippen molar-refractivity contribution in [1.82, 2.24) is 20.3 Å². The standard InChI is InChI=1S/C23H23ClN4O3/c1-27-19-7-6-18(24)12-17(19)13-20(27)23(31)26-25-21(29)8-9-22(30)28-11-10-15-4-2-3-5-16(15)14-28/h2-7,12-13H,8-11,14H2,1H3,(H,25,29)(H,26,31). The molecule has 0 fully saturated rings. The van der Waals surface area contributed by atoms with E-state index >= 15 is 0 Å². The van der Waals surface area contributed by atoms with Crippen molar-refractivity contribution in [2.75, 3.05) is 6.54 Å². The Morgan fingerprint density at radius 2 is 1.77 bits per heavy atom. The lowest BCUT2D eigenvalue weighted by molar-refractivity contribution is -0.134. The number of nitrogens with one attached hydrogen (secondary N) is 2. The summed E-state index contributed by atoms with van der Waals surface area (Å²) in [6.45, 7) is 1.22. The quantitative estimate of drug-likeness (QED) is 0.614. The number of nitrogens with zero attached hydrogens (tertiary/aromatic N) is 2. The summed E-state index contributed by atoms with van der Waals surface area (Å²) in [5, 5.41) is 1.42. The van der Waals surface area contributed by atoms with Crippen LogP contribution in [0.15, 0.2) is 48.5 Å². The van der Waals surface area contributed by atoms with Gasteiger partial charge in [-0.3, -0.25) is 25.2 Å². The lowest BCUT2D eigenvalue weighted by atomic mass is 9.99. The molecule has 3 aromatic rings. The van der Waals surface area contributed by atoms with Crippen LogP contribution in [0, 0.1) is 0 Å². The molecule has 3 amide bonds. The predicted molar refractivity (Wildman–Crippen MR) is 118 cm³/mol. The molecule has 0 unspecified atom stereocenters. The van der Waals surface area contributed by atoms with Crippen molar-refractivity contribution in [3.63, 3.8) is 0 Å². The van der Waals surface area contributed by atoms with Gasteiger partial charge < -0.3 is 9.47 Å². The van der Waals surface area contributed by atoms with E-state index in [1.165, 1.54) is 5.56 Å². The summed E-state index contributed by atoms with van der Waals surface area (Å²) in [4.78, 5) is 38.9. The van der Waals surface area contributed by atoms with Crippen LogP contribution in [-0.4, -0.2) is 33.7 Å². The summed E-state index contributed by atoms with van der Waals surface area (Å²) in [6.07, 6.45) is 0.915. The molecule has 4 rings (SSSR count). The molecule has 0 spiro atoms. The van der Waals surface area contributed by atoms with Gasteiger partial charge in [0.05, 0.1) is 0 Å². The van der Waals surface area contributed by atoms with Gasteiger partial charge in [0.2, 0.25) is 11.8 Å². The van der Waals surface area contributed by atoms with Crippen LogP contribution < -0.4 is 10.9 Å². The zero-order valence-electron chi connectivity index (χ0n) is 17.2. The van der Waals surface area contributed by atoms with E-state index in [4.69, 9.17) is 11.6 Å². The summed E-state index contributed by atoms with van der Waals surface area (Å²) >= 11 is 6.01. The number of aromatic nitrogens is 1. The van der Waals surface area contributed by atoms with Crippen LogP contribution >= 0.6 is 11.6 Å². The number of aryl methyl sites for hydroxylation is 1. The van der Waals surface area contributed by atoms with Crippen molar-refractivity contribution in [1.29, 1.82) is 0 Å². The molecule has 0 radical (unpaired) electrons. The van der Waals surface area contributed by atoms with Gasteiger partial charge in [-0.1, -0.05) is 35.9 Å². The van der Waals surface area contributed by atoms with Crippen molar-refractivity contribution in [3.8, 4) is 0 Å². The van der Waals surface area contributed by atoms with Crippen molar-refractivity contribution >= 4 is 40.2 Å². The highest BCUT2D eigenvalue weighted by molar-refractivity contribution is 6.31. The second kappa shape index (κ2) is 8.81. The molecule has 0 bridgehead atoms. The van der Waals surface area contributed by atoms with Crippen LogP contribution in [-0.2, 0) is 29.6 Å². The van der Waals surface area contributed by atoms with E-state index in [-0.39, 0.29) is 18.7 Å². The van der Waals surface area contributed by atoms with E-state index in [0.29, 0.717) is 23.8 Å². The van der Waals surface area contributed by atoms with E-state index in [1.807, 2.05) is 24.3 Å². The molecule has 2 heterocycles. The summed E-state index contributed by atoms with van der Waals surface area (Å²) < 4.78 is 1.73. The zero-order valence-corrected chi connectivity index (χ0v) is 17.9. The Morgan fingerprint density at radius 3 is 2.58 bits per heavy atom. The first-order chi connectivity index (χ1) is 14.9. The smallest absolute Gasteiger partial charge is 0.286 e. The second-order valence-corrected chi connectivity index (χ2v) is 8.06. The van der Waals surface area contributed by atoms with Gasteiger partial charge in [0.25, 0.3) is 5.91 Å². The van der Waals surface area contributed by atoms with E-state index in [9.17, 15) is 14.4 Å². The fraction of sp³-hybridized carbons (Fsp3) is 0.261. The van der Waals surface area contributed by atoms with E-state index in [1.54, 1.807) is 34.7 Å². The SMILES string of the molecule is Cn1c(C(=O)NNC(=O)CCC(=O)N2CCc3ccccc3C2)cc2cc(Cl)ccc21. The number of halogens is 1. The number of hydrogen-bond acceptors (Lipinski definition) is 3. The van der Waals surface area contributed by atoms with Gasteiger partial charge in [0.1, 0.15) is 5.69 Å². The van der Waals surface area contributed by atoms with Gasteiger partial charge in [-0.25, -0.2) is 0 Å². The third kappa shape index (κ3) is 4.56. The monoisotopic (exact) mass is 438 g/mol. The first-order valence-corrected chi connectivity index (χ1v) is 10.5. The van der Waals surface area contributed by atoms with Gasteiger partial charge >= 0.3 is 0 Å². The molecular formula is C23H23ClN4O3. The van der Waals surface area contributed by atoms with Crippen molar-refractivity contribution in [2.24, 2.45) is 7.05 Å². The minimum Gasteiger partial charge on any atom is -0.340 e. The molecule has 160 valence electrons. The molecule has 0 saturated carbocycles. The first-order valence-electron chi connectivity index (χ1n) is 10.1. The lowest BCUT2D eigenvalue weighted by Crippen LogP contribution is -2.43. The molecule has 0 atom stereocenters. The maximum Gasteiger partial charge on any atom is 0.286 e. The molecule has 8 heteroatoms. The van der Waals surface area contributed by atoms with Crippen molar-refractivity contribution in [2.45, 2.75) is 25.8 Å². The molecule has 0 saturated heterocycles. The Bertz CT molecular complexity index is 1170. The van der Waals surface area contributed by atoms with Gasteiger partial charge in [-0.15, -0.1) is 0 Å². The van der Waals surface area contributed by atoms with E-state index in [2.05, 4.69) is 16.9 Å². The number of hydrogen-bond donors (Lipinski definition) is 2. The minimum atomic E-state index is -0.442. The number of fused-ring (bicyclic) bond motifs is 2. The third-order valence-corrected chi connectivity index (χ3v) is 5.84. The number of hydrazine groups is 1. The van der Waals surface area contributed by atoms with Gasteiger partial charge in [0, 0.05) is 48.9 Å². The van der Waals surface area contributed by atoms with Crippen LogP contribution in [0.5, 0.6) is 0 Å². The predicted octanol–water partition coefficient (Wildman–Crippen LogP) is 2.96. The number of rotatable bonds is 4. The van der Waals surface area contributed by atoms with E-state index in [0.717, 1.165) is 22.9 Å². The average molecular weight is 439 g/mol. The van der Waals surface area contributed by atoms with Crippen LogP contribution in [0.25, 0.3) is 10.9 Å². The largest absolute Gasteiger partial charge is 0.340 e. The number of amides is 3. The highest BCUT2D eigenvalue weighted by Gasteiger charge is 2.21. The van der Waals surface area contributed by atoms with Gasteiger partial charge in [-0.05, 0) is 41.8 Å². The Labute approximate surface area is 184 Å². The van der Waals surface area contributed by atoms with Crippen LogP contribution in [0.4, 0.5) is 0 Å². The number of carbonyl (C=O) groups is 3. The maximum atomic E-state index is 12.5. The molecule has 1 aliphatic heterocycles. The molecule has 7 nitrogen and oxygen atoms in total. The van der Waals surface area contributed by atoms with Crippen molar-refractivity contribution < 1.29 is 14.4 Å². The van der Waals surface area contributed by atoms with Gasteiger partial charge in [-0.2, -0.15) is 0 Å². The number of benzene rings is 2. The summed E-state index contributed by atoms with van der Waals surface area (Å²) in [5.74, 6) is -0.926. The molecule has 2 N–H and O–H groups in total. The highest BCUT2D eigenvalue weighted by Crippen LogP contribution is 2.22. The Morgan fingerprint density at radius 1 is 1.00 bits per heavy atom. The molecule has 1 aromatic heterocycles. The second-order valence-electron chi connectivity index (χ2n) is 7.63. The van der Waals surface area contributed by atoms with Crippen LogP contribution in [0.3, 0.4) is 0 Å². The summed E-state index contributed by atoms with van der Waals surface area (Å²) in [5.41, 5.74) is 8.46. The summed E-state index contributed by atoms with van der Waals surface area (Å²) in [6, 6.07) is 15.1. The first kappa shape index (κ1) is 20.9. The third-order valence-electron chi connectivity index (χ3n) is 5.60. The fourth-order valence-electron chi connectivity index (χ4n) is 3.88. The molecule has 31 heavy (non-hydrogen) atoms. The van der Waals surface area contributed by atoms with Crippen LogP contribution in [0.1, 0.15) is 34.5 Å². The summed E-state index contributed by atoms with van der Waals surface area (Å²) in [7, 11) is 1.77. The molecule has 2 aromatic carbocycles. The van der Waals surface area contributed by atoms with Gasteiger partial charge in [0.15, 0.2) is 0 Å². The van der Waals surface area contributed by atoms with E-state index < -0.39 is 11.8 Å². The normalized spacial score (nSPS) is 13.0. The minimum absolute atomic E-state index is 0.00196. The Balaban J connectivity index is 1.27. The highest BCUT2D eigenvalue weighted by atomic mass is 35.5. The number of carbonyl (C=O) groups excluding carboxylic acids is 3. The maximum absolute atomic E-state index is 12.5.